The lowest BCUT2D eigenvalue weighted by atomic mass is 10.0. The fourth-order valence-corrected chi connectivity index (χ4v) is 3.27. The van der Waals surface area contributed by atoms with Crippen molar-refractivity contribution in [1.29, 1.82) is 0 Å². The second-order valence-corrected chi connectivity index (χ2v) is 5.51. The highest BCUT2D eigenvalue weighted by molar-refractivity contribution is 6.32. The molecule has 0 bridgehead atoms. The fraction of sp³-hybridized carbons (Fsp3) is 0.571. The van der Waals surface area contributed by atoms with Gasteiger partial charge < -0.3 is 15.0 Å². The maximum absolute atomic E-state index is 6.28. The number of likely N-dealkylation sites (N-methyl/N-ethyl adjacent to an activating group) is 1. The van der Waals surface area contributed by atoms with E-state index in [-0.39, 0.29) is 0 Å². The minimum absolute atomic E-state index is 0.473. The molecular weight excluding hydrogens is 248 g/mol. The van der Waals surface area contributed by atoms with E-state index in [0.717, 1.165) is 36.9 Å². The van der Waals surface area contributed by atoms with Gasteiger partial charge in [-0.3, -0.25) is 0 Å². The van der Waals surface area contributed by atoms with Crippen LogP contribution in [0, 0.1) is 12.8 Å². The van der Waals surface area contributed by atoms with Gasteiger partial charge >= 0.3 is 0 Å². The lowest BCUT2D eigenvalue weighted by molar-refractivity contribution is 0.185. The van der Waals surface area contributed by atoms with Crippen molar-refractivity contribution in [2.75, 3.05) is 36.5 Å². The summed E-state index contributed by atoms with van der Waals surface area (Å²) in [5, 5.41) is 4.39. The molecule has 1 saturated heterocycles. The molecule has 1 aromatic rings. The lowest BCUT2D eigenvalue weighted by Crippen LogP contribution is -2.41. The van der Waals surface area contributed by atoms with E-state index in [4.69, 9.17) is 16.3 Å². The highest BCUT2D eigenvalue weighted by atomic mass is 35.5. The number of anilines is 2. The Morgan fingerprint density at radius 3 is 3.06 bits per heavy atom. The highest BCUT2D eigenvalue weighted by Gasteiger charge is 2.36. The smallest absolute Gasteiger partial charge is 0.0674 e. The van der Waals surface area contributed by atoms with E-state index in [1.54, 1.807) is 0 Å². The van der Waals surface area contributed by atoms with Gasteiger partial charge in [-0.1, -0.05) is 11.6 Å². The topological polar surface area (TPSA) is 24.5 Å². The Kier molecular flexibility index (Phi) is 3.12. The maximum atomic E-state index is 6.28. The average molecular weight is 267 g/mol. The molecule has 2 heterocycles. The first-order chi connectivity index (χ1) is 8.72. The summed E-state index contributed by atoms with van der Waals surface area (Å²) >= 11 is 6.28. The monoisotopic (exact) mass is 266 g/mol. The summed E-state index contributed by atoms with van der Waals surface area (Å²) in [5.74, 6) is 0.565. The quantitative estimate of drug-likeness (QED) is 0.846. The number of nitrogens with one attached hydrogen (secondary N) is 1. The van der Waals surface area contributed by atoms with Crippen molar-refractivity contribution in [3.63, 3.8) is 0 Å². The van der Waals surface area contributed by atoms with Crippen molar-refractivity contribution in [3.05, 3.63) is 22.7 Å². The van der Waals surface area contributed by atoms with Gasteiger partial charge in [0, 0.05) is 24.0 Å². The van der Waals surface area contributed by atoms with Crippen LogP contribution >= 0.6 is 11.6 Å². The van der Waals surface area contributed by atoms with Gasteiger partial charge in [0.2, 0.25) is 0 Å². The third-order valence-corrected chi connectivity index (χ3v) is 4.52. The van der Waals surface area contributed by atoms with Crippen LogP contribution < -0.4 is 10.2 Å². The molecule has 0 aromatic heterocycles. The molecule has 0 radical (unpaired) electrons. The molecule has 2 unspecified atom stereocenters. The Morgan fingerprint density at radius 1 is 1.44 bits per heavy atom. The minimum Gasteiger partial charge on any atom is -0.383 e. The number of ether oxygens (including phenoxy) is 1. The van der Waals surface area contributed by atoms with Crippen LogP contribution in [0.5, 0.6) is 0 Å². The normalized spacial score (nSPS) is 26.3. The summed E-state index contributed by atoms with van der Waals surface area (Å²) in [6.45, 7) is 7.95. The SMILES string of the molecule is CCN1c2c(ccc(Cl)c2C)NCC2COCC21. The zero-order valence-electron chi connectivity index (χ0n) is 10.9. The van der Waals surface area contributed by atoms with Crippen LogP contribution in [0.15, 0.2) is 12.1 Å². The zero-order valence-corrected chi connectivity index (χ0v) is 11.6. The van der Waals surface area contributed by atoms with Crippen LogP contribution in [0.1, 0.15) is 12.5 Å². The number of hydrogen-bond donors (Lipinski definition) is 1. The van der Waals surface area contributed by atoms with E-state index < -0.39 is 0 Å². The van der Waals surface area contributed by atoms with Crippen LogP contribution in [0.2, 0.25) is 5.02 Å². The standard InChI is InChI=1S/C14H19ClN2O/c1-3-17-13-8-18-7-10(13)6-16-12-5-4-11(15)9(2)14(12)17/h4-5,10,13,16H,3,6-8H2,1-2H3. The predicted molar refractivity (Wildman–Crippen MR) is 75.8 cm³/mol. The van der Waals surface area contributed by atoms with E-state index in [0.29, 0.717) is 12.0 Å². The first kappa shape index (κ1) is 12.1. The van der Waals surface area contributed by atoms with Gasteiger partial charge in [0.15, 0.2) is 0 Å². The third-order valence-electron chi connectivity index (χ3n) is 4.11. The number of benzene rings is 1. The largest absolute Gasteiger partial charge is 0.383 e. The molecule has 0 saturated carbocycles. The van der Waals surface area contributed by atoms with E-state index in [9.17, 15) is 0 Å². The van der Waals surface area contributed by atoms with Gasteiger partial charge in [-0.05, 0) is 31.5 Å². The first-order valence-electron chi connectivity index (χ1n) is 6.59. The Hall–Kier alpha value is -0.930. The number of halogens is 1. The second-order valence-electron chi connectivity index (χ2n) is 5.10. The molecule has 0 spiro atoms. The number of nitrogens with zero attached hydrogens (tertiary/aromatic N) is 1. The minimum atomic E-state index is 0.473. The maximum Gasteiger partial charge on any atom is 0.0674 e. The van der Waals surface area contributed by atoms with Crippen molar-refractivity contribution < 1.29 is 4.74 Å². The summed E-state index contributed by atoms with van der Waals surface area (Å²) in [4.78, 5) is 2.45. The van der Waals surface area contributed by atoms with Crippen molar-refractivity contribution >= 4 is 23.0 Å². The summed E-state index contributed by atoms with van der Waals surface area (Å²) in [6.07, 6.45) is 0. The van der Waals surface area contributed by atoms with Gasteiger partial charge in [0.05, 0.1) is 30.6 Å². The first-order valence-corrected chi connectivity index (χ1v) is 6.97. The van der Waals surface area contributed by atoms with Crippen LogP contribution in [0.25, 0.3) is 0 Å². The van der Waals surface area contributed by atoms with Gasteiger partial charge in [-0.2, -0.15) is 0 Å². The Balaban J connectivity index is 2.11. The molecule has 4 heteroatoms. The average Bonchev–Trinajstić information content (AvgIpc) is 2.77. The molecule has 98 valence electrons. The number of fused-ring (bicyclic) bond motifs is 2. The van der Waals surface area contributed by atoms with Gasteiger partial charge in [0.1, 0.15) is 0 Å². The molecule has 2 atom stereocenters. The molecule has 2 aliphatic rings. The Bertz CT molecular complexity index is 463. The summed E-state index contributed by atoms with van der Waals surface area (Å²) in [6, 6.07) is 4.55. The highest BCUT2D eigenvalue weighted by Crippen LogP contribution is 2.39. The zero-order chi connectivity index (χ0) is 12.7. The molecule has 18 heavy (non-hydrogen) atoms. The van der Waals surface area contributed by atoms with Gasteiger partial charge in [-0.25, -0.2) is 0 Å². The molecular formula is C14H19ClN2O. The molecule has 2 aliphatic heterocycles. The molecule has 0 aliphatic carbocycles. The Labute approximate surface area is 113 Å². The van der Waals surface area contributed by atoms with Crippen LogP contribution in [0.4, 0.5) is 11.4 Å². The van der Waals surface area contributed by atoms with E-state index >= 15 is 0 Å². The molecule has 3 nitrogen and oxygen atoms in total. The predicted octanol–water partition coefficient (Wildman–Crippen LogP) is 2.92. The molecule has 3 rings (SSSR count). The number of hydrogen-bond acceptors (Lipinski definition) is 3. The van der Waals surface area contributed by atoms with Crippen molar-refractivity contribution in [3.8, 4) is 0 Å². The Morgan fingerprint density at radius 2 is 2.28 bits per heavy atom. The van der Waals surface area contributed by atoms with Crippen LogP contribution in [0.3, 0.4) is 0 Å². The van der Waals surface area contributed by atoms with E-state index in [1.165, 1.54) is 11.4 Å². The fourth-order valence-electron chi connectivity index (χ4n) is 3.11. The van der Waals surface area contributed by atoms with Crippen molar-refractivity contribution in [2.45, 2.75) is 19.9 Å². The van der Waals surface area contributed by atoms with Crippen molar-refractivity contribution in [1.82, 2.24) is 0 Å². The molecule has 1 N–H and O–H groups in total. The summed E-state index contributed by atoms with van der Waals surface area (Å²) in [7, 11) is 0. The van der Waals surface area contributed by atoms with Gasteiger partial charge in [-0.15, -0.1) is 0 Å². The van der Waals surface area contributed by atoms with Crippen LogP contribution in [-0.2, 0) is 4.74 Å². The summed E-state index contributed by atoms with van der Waals surface area (Å²) in [5.41, 5.74) is 3.62. The summed E-state index contributed by atoms with van der Waals surface area (Å²) < 4.78 is 5.65. The lowest BCUT2D eigenvalue weighted by Gasteiger charge is -2.32. The third kappa shape index (κ3) is 1.77. The van der Waals surface area contributed by atoms with E-state index in [1.807, 2.05) is 6.07 Å². The van der Waals surface area contributed by atoms with Crippen LogP contribution in [-0.4, -0.2) is 32.3 Å². The van der Waals surface area contributed by atoms with Gasteiger partial charge in [0.25, 0.3) is 0 Å². The molecule has 1 fully saturated rings. The number of rotatable bonds is 1. The van der Waals surface area contributed by atoms with Crippen molar-refractivity contribution in [2.24, 2.45) is 5.92 Å². The second kappa shape index (κ2) is 4.63. The molecule has 0 amide bonds. The van der Waals surface area contributed by atoms with E-state index in [2.05, 4.69) is 30.1 Å². The molecule has 1 aromatic carbocycles.